The standard InChI is InChI=1S/C35H32Cl2N6O3/c1-42-35(37)32-28(41-42)14-12-26(33(32)36)25-5-4-18-43-29(25)15-16-30(43)34(45)21-7-13-27(22(19-21)20-38)40-31(44)6-3-17-39-23-8-10-24(46-2)11-9-23/h3-7,12-16,18-19,23-24,39H,8-11,17H2,1-2H3,(H,40,44)/b6-3+. The molecule has 0 radical (unpaired) electrons. The molecule has 1 saturated carbocycles. The molecule has 234 valence electrons. The Kier molecular flexibility index (Phi) is 9.24. The number of pyridine rings is 1. The van der Waals surface area contributed by atoms with E-state index in [1.54, 1.807) is 53.7 Å². The highest BCUT2D eigenvalue weighted by Gasteiger charge is 2.21. The van der Waals surface area contributed by atoms with E-state index in [0.717, 1.165) is 42.3 Å². The van der Waals surface area contributed by atoms with Crippen LogP contribution in [0.2, 0.25) is 10.2 Å². The number of ketones is 1. The molecule has 0 saturated heterocycles. The number of amides is 1. The Morgan fingerprint density at radius 3 is 2.65 bits per heavy atom. The number of aryl methyl sites for hydroxylation is 1. The second kappa shape index (κ2) is 13.5. The zero-order chi connectivity index (χ0) is 32.4. The van der Waals surface area contributed by atoms with Gasteiger partial charge in [0, 0.05) is 55.7 Å². The summed E-state index contributed by atoms with van der Waals surface area (Å²) in [6, 6.07) is 18.3. The lowest BCUT2D eigenvalue weighted by molar-refractivity contribution is -0.111. The van der Waals surface area contributed by atoms with E-state index in [2.05, 4.69) is 21.8 Å². The maximum absolute atomic E-state index is 13.7. The number of fused-ring (bicyclic) bond motifs is 2. The van der Waals surface area contributed by atoms with Crippen LogP contribution in [0.15, 0.2) is 72.9 Å². The molecule has 46 heavy (non-hydrogen) atoms. The minimum absolute atomic E-state index is 0.190. The van der Waals surface area contributed by atoms with Crippen LogP contribution in [0.4, 0.5) is 5.69 Å². The molecule has 1 fully saturated rings. The number of hydrogen-bond donors (Lipinski definition) is 2. The summed E-state index contributed by atoms with van der Waals surface area (Å²) in [4.78, 5) is 26.3. The van der Waals surface area contributed by atoms with E-state index in [0.29, 0.717) is 56.7 Å². The fourth-order valence-electron chi connectivity index (χ4n) is 6.09. The summed E-state index contributed by atoms with van der Waals surface area (Å²) in [7, 11) is 3.51. The number of aromatic nitrogens is 3. The minimum Gasteiger partial charge on any atom is -0.381 e. The first kappa shape index (κ1) is 31.5. The van der Waals surface area contributed by atoms with Gasteiger partial charge in [-0.3, -0.25) is 14.3 Å². The van der Waals surface area contributed by atoms with Gasteiger partial charge in [0.2, 0.25) is 11.7 Å². The number of rotatable bonds is 9. The van der Waals surface area contributed by atoms with Gasteiger partial charge in [0.1, 0.15) is 11.2 Å². The SMILES string of the molecule is COC1CCC(NC/C=C/C(=O)Nc2ccc(C(=O)c3ccc4c(-c5ccc6nn(C)c(Cl)c6c5Cl)cccn34)cc2C#N)CC1. The molecule has 0 atom stereocenters. The van der Waals surface area contributed by atoms with Crippen LogP contribution in [-0.2, 0) is 16.6 Å². The molecule has 0 unspecified atom stereocenters. The van der Waals surface area contributed by atoms with Crippen LogP contribution >= 0.6 is 23.2 Å². The largest absolute Gasteiger partial charge is 0.381 e. The third-order valence-corrected chi connectivity index (χ3v) is 9.37. The number of halogens is 2. The van der Waals surface area contributed by atoms with Crippen molar-refractivity contribution < 1.29 is 14.3 Å². The molecule has 5 aromatic rings. The Bertz CT molecular complexity index is 2030. The number of nitrogens with zero attached hydrogens (tertiary/aromatic N) is 4. The Labute approximate surface area is 276 Å². The second-order valence-electron chi connectivity index (χ2n) is 11.3. The Balaban J connectivity index is 1.17. The summed E-state index contributed by atoms with van der Waals surface area (Å²) >= 11 is 13.3. The molecule has 0 spiro atoms. The van der Waals surface area contributed by atoms with E-state index >= 15 is 0 Å². The van der Waals surface area contributed by atoms with Gasteiger partial charge in [0.25, 0.3) is 0 Å². The van der Waals surface area contributed by atoms with Crippen LogP contribution in [-0.4, -0.2) is 51.7 Å². The van der Waals surface area contributed by atoms with Crippen molar-refractivity contribution in [3.63, 3.8) is 0 Å². The number of carbonyl (C=O) groups excluding carboxylic acids is 2. The monoisotopic (exact) mass is 654 g/mol. The van der Waals surface area contributed by atoms with Gasteiger partial charge in [-0.2, -0.15) is 10.4 Å². The van der Waals surface area contributed by atoms with Crippen LogP contribution in [0.1, 0.15) is 47.3 Å². The van der Waals surface area contributed by atoms with Gasteiger partial charge in [-0.1, -0.05) is 41.4 Å². The molecule has 2 aromatic carbocycles. The molecule has 3 aromatic heterocycles. The summed E-state index contributed by atoms with van der Waals surface area (Å²) in [6.45, 7) is 0.569. The van der Waals surface area contributed by atoms with Gasteiger partial charge < -0.3 is 19.8 Å². The molecule has 6 rings (SSSR count). The topological polar surface area (TPSA) is 113 Å². The molecule has 1 aliphatic rings. The summed E-state index contributed by atoms with van der Waals surface area (Å²) in [5.41, 5.74) is 4.32. The fraction of sp³-hybridized carbons (Fsp3) is 0.257. The van der Waals surface area contributed by atoms with Crippen LogP contribution in [0.3, 0.4) is 0 Å². The predicted octanol–water partition coefficient (Wildman–Crippen LogP) is 6.94. The van der Waals surface area contributed by atoms with Gasteiger partial charge >= 0.3 is 0 Å². The van der Waals surface area contributed by atoms with Crippen molar-refractivity contribution >= 4 is 57.0 Å². The number of nitriles is 1. The summed E-state index contributed by atoms with van der Waals surface area (Å²) in [6.07, 6.45) is 9.51. The molecule has 2 N–H and O–H groups in total. The van der Waals surface area contributed by atoms with Gasteiger partial charge in [-0.15, -0.1) is 0 Å². The van der Waals surface area contributed by atoms with E-state index in [1.807, 2.05) is 30.3 Å². The van der Waals surface area contributed by atoms with Crippen LogP contribution in [0.5, 0.6) is 0 Å². The first-order valence-electron chi connectivity index (χ1n) is 15.0. The normalized spacial score (nSPS) is 16.7. The molecule has 0 bridgehead atoms. The number of hydrogen-bond acceptors (Lipinski definition) is 6. The second-order valence-corrected chi connectivity index (χ2v) is 12.1. The van der Waals surface area contributed by atoms with Gasteiger partial charge in [0.15, 0.2) is 0 Å². The van der Waals surface area contributed by atoms with Gasteiger partial charge in [-0.25, -0.2) is 0 Å². The Morgan fingerprint density at radius 2 is 1.89 bits per heavy atom. The molecule has 9 nitrogen and oxygen atoms in total. The Hall–Kier alpha value is -4.46. The van der Waals surface area contributed by atoms with E-state index in [4.69, 9.17) is 27.9 Å². The highest BCUT2D eigenvalue weighted by molar-refractivity contribution is 6.43. The van der Waals surface area contributed by atoms with Crippen molar-refractivity contribution in [1.29, 1.82) is 5.26 Å². The average Bonchev–Trinajstić information content (AvgIpc) is 3.64. The molecule has 3 heterocycles. The average molecular weight is 656 g/mol. The first-order chi connectivity index (χ1) is 22.3. The van der Waals surface area contributed by atoms with Crippen LogP contribution in [0, 0.1) is 11.3 Å². The molecule has 1 aliphatic carbocycles. The fourth-order valence-corrected chi connectivity index (χ4v) is 6.71. The zero-order valence-corrected chi connectivity index (χ0v) is 26.9. The number of nitrogens with one attached hydrogen (secondary N) is 2. The van der Waals surface area contributed by atoms with Gasteiger partial charge in [-0.05, 0) is 68.1 Å². The van der Waals surface area contributed by atoms with Crippen LogP contribution < -0.4 is 10.6 Å². The van der Waals surface area contributed by atoms with Crippen LogP contribution in [0.25, 0.3) is 27.5 Å². The van der Waals surface area contributed by atoms with E-state index < -0.39 is 0 Å². The highest BCUT2D eigenvalue weighted by atomic mass is 35.5. The third kappa shape index (κ3) is 6.17. The third-order valence-electron chi connectivity index (χ3n) is 8.54. The maximum Gasteiger partial charge on any atom is 0.248 e. The molecule has 1 amide bonds. The van der Waals surface area contributed by atoms with Crippen molar-refractivity contribution in [2.75, 3.05) is 19.0 Å². The molecular formula is C35H32Cl2N6O3. The van der Waals surface area contributed by atoms with Crippen molar-refractivity contribution in [2.45, 2.75) is 37.8 Å². The number of ether oxygens (including phenoxy) is 1. The highest BCUT2D eigenvalue weighted by Crippen LogP contribution is 2.39. The Morgan fingerprint density at radius 1 is 1.09 bits per heavy atom. The minimum atomic E-state index is -0.352. The molecular weight excluding hydrogens is 623 g/mol. The summed E-state index contributed by atoms with van der Waals surface area (Å²) in [5.74, 6) is -0.621. The number of anilines is 1. The van der Waals surface area contributed by atoms with Crippen molar-refractivity contribution in [2.24, 2.45) is 7.05 Å². The van der Waals surface area contributed by atoms with E-state index in [-0.39, 0.29) is 17.3 Å². The maximum atomic E-state index is 13.7. The van der Waals surface area contributed by atoms with E-state index in [1.165, 1.54) is 12.1 Å². The van der Waals surface area contributed by atoms with Crippen molar-refractivity contribution in [1.82, 2.24) is 19.5 Å². The van der Waals surface area contributed by atoms with Crippen molar-refractivity contribution in [3.05, 3.63) is 99.9 Å². The van der Waals surface area contributed by atoms with E-state index in [9.17, 15) is 14.9 Å². The zero-order valence-electron chi connectivity index (χ0n) is 25.4. The molecule has 0 aliphatic heterocycles. The smallest absolute Gasteiger partial charge is 0.248 e. The number of methoxy groups -OCH3 is 1. The quantitative estimate of drug-likeness (QED) is 0.131. The predicted molar refractivity (Wildman–Crippen MR) is 181 cm³/mol. The number of carbonyl (C=O) groups is 2. The lowest BCUT2D eigenvalue weighted by Crippen LogP contribution is -2.35. The lowest BCUT2D eigenvalue weighted by Gasteiger charge is -2.27. The summed E-state index contributed by atoms with van der Waals surface area (Å²) < 4.78 is 8.79. The molecule has 11 heteroatoms. The first-order valence-corrected chi connectivity index (χ1v) is 15.8. The van der Waals surface area contributed by atoms with Crippen molar-refractivity contribution in [3.8, 4) is 17.2 Å². The lowest BCUT2D eigenvalue weighted by atomic mass is 9.93. The number of benzene rings is 2. The summed E-state index contributed by atoms with van der Waals surface area (Å²) in [5, 5.41) is 22.0. The van der Waals surface area contributed by atoms with Gasteiger partial charge in [0.05, 0.1) is 44.5 Å².